The molecule has 0 heterocycles. The van der Waals surface area contributed by atoms with Crippen LogP contribution in [0, 0.1) is 0 Å². The highest BCUT2D eigenvalue weighted by Crippen LogP contribution is 2.40. The molecule has 3 aromatic rings. The van der Waals surface area contributed by atoms with Crippen LogP contribution in [0.1, 0.15) is 11.1 Å². The van der Waals surface area contributed by atoms with Gasteiger partial charge in [-0.05, 0) is 54.6 Å². The Morgan fingerprint density at radius 2 is 0.862 bits per heavy atom. The Bertz CT molecular complexity index is 918. The zero-order valence-electron chi connectivity index (χ0n) is 14.3. The maximum absolute atomic E-state index is 13.3. The van der Waals surface area contributed by atoms with Crippen molar-refractivity contribution in [1.29, 1.82) is 0 Å². The fourth-order valence-corrected chi connectivity index (χ4v) is 4.97. The van der Waals surface area contributed by atoms with Gasteiger partial charge in [0.05, 0.1) is 22.0 Å². The number of halogens is 8. The average molecular weight is 468 g/mol. The molecule has 9 heteroatoms. The average Bonchev–Trinajstić information content (AvgIpc) is 2.63. The lowest BCUT2D eigenvalue weighted by Gasteiger charge is -2.15. The molecule has 152 valence electrons. The van der Waals surface area contributed by atoms with E-state index in [0.717, 1.165) is 12.1 Å². The molecule has 0 saturated heterocycles. The minimum absolute atomic E-state index is 0.114. The molecule has 0 saturated carbocycles. The van der Waals surface area contributed by atoms with E-state index in [4.69, 9.17) is 23.2 Å². The number of rotatable bonds is 3. The number of benzene rings is 3. The van der Waals surface area contributed by atoms with Gasteiger partial charge >= 0.3 is 12.4 Å². The predicted molar refractivity (Wildman–Crippen MR) is 102 cm³/mol. The second kappa shape index (κ2) is 8.13. The van der Waals surface area contributed by atoms with Crippen LogP contribution in [0.5, 0.6) is 0 Å². The van der Waals surface area contributed by atoms with Crippen molar-refractivity contribution in [2.45, 2.75) is 27.0 Å². The zero-order valence-corrected chi connectivity index (χ0v) is 16.6. The van der Waals surface area contributed by atoms with E-state index >= 15 is 0 Å². The monoisotopic (exact) mass is 467 g/mol. The van der Waals surface area contributed by atoms with Crippen molar-refractivity contribution in [3.63, 3.8) is 0 Å². The van der Waals surface area contributed by atoms with Gasteiger partial charge in [0.2, 0.25) is 0 Å². The molecule has 0 nitrogen and oxygen atoms in total. The Balaban J connectivity index is 2.27. The summed E-state index contributed by atoms with van der Waals surface area (Å²) >= 11 is 11.8. The van der Waals surface area contributed by atoms with E-state index in [2.05, 4.69) is 0 Å². The minimum atomic E-state index is -4.93. The SMILES string of the molecule is FC(F)(F)c1cc([S+](c2ccc(Cl)cc2)c2ccc(Cl)cc2)cc(C(F)(F)F)c1. The summed E-state index contributed by atoms with van der Waals surface area (Å²) in [6.07, 6.45) is -9.85. The third-order valence-corrected chi connectivity index (χ3v) is 6.59. The van der Waals surface area contributed by atoms with Gasteiger partial charge in [0.25, 0.3) is 0 Å². The fourth-order valence-electron chi connectivity index (χ4n) is 2.59. The number of alkyl halides is 6. The van der Waals surface area contributed by atoms with E-state index in [-0.39, 0.29) is 11.0 Å². The fraction of sp³-hybridized carbons (Fsp3) is 0.100. The molecule has 3 rings (SSSR count). The maximum Gasteiger partial charge on any atom is 0.416 e. The summed E-state index contributed by atoms with van der Waals surface area (Å²) in [6.45, 7) is 0. The van der Waals surface area contributed by atoms with Gasteiger partial charge in [-0.1, -0.05) is 23.2 Å². The van der Waals surface area contributed by atoms with E-state index in [1.807, 2.05) is 0 Å². The van der Waals surface area contributed by atoms with Crippen molar-refractivity contribution >= 4 is 34.1 Å². The molecule has 3 aromatic carbocycles. The quantitative estimate of drug-likeness (QED) is 0.269. The summed E-state index contributed by atoms with van der Waals surface area (Å²) in [5.74, 6) is 0. The normalized spacial score (nSPS) is 12.4. The van der Waals surface area contributed by atoms with Crippen LogP contribution in [0.25, 0.3) is 0 Å². The lowest BCUT2D eigenvalue weighted by molar-refractivity contribution is -0.143. The molecule has 0 aliphatic carbocycles. The Kier molecular flexibility index (Phi) is 6.13. The first-order valence-corrected chi connectivity index (χ1v) is 9.98. The van der Waals surface area contributed by atoms with E-state index in [1.165, 1.54) is 24.3 Å². The number of hydrogen-bond donors (Lipinski definition) is 0. The summed E-state index contributed by atoms with van der Waals surface area (Å²) in [4.78, 5) is 0.921. The van der Waals surface area contributed by atoms with Crippen LogP contribution in [0.3, 0.4) is 0 Å². The molecule has 0 atom stereocenters. The molecule has 0 aliphatic heterocycles. The lowest BCUT2D eigenvalue weighted by atomic mass is 10.1. The van der Waals surface area contributed by atoms with Gasteiger partial charge in [-0.25, -0.2) is 0 Å². The molecule has 0 radical (unpaired) electrons. The Hall–Kier alpha value is -1.83. The molecule has 0 aliphatic rings. The summed E-state index contributed by atoms with van der Waals surface area (Å²) in [6, 6.07) is 14.1. The summed E-state index contributed by atoms with van der Waals surface area (Å²) in [7, 11) is -1.24. The molecular formula is C20H11Cl2F6S+. The van der Waals surface area contributed by atoms with Crippen molar-refractivity contribution in [3.8, 4) is 0 Å². The van der Waals surface area contributed by atoms with Gasteiger partial charge in [0.15, 0.2) is 14.7 Å². The van der Waals surface area contributed by atoms with Crippen LogP contribution in [0.2, 0.25) is 10.0 Å². The zero-order chi connectivity index (χ0) is 21.4. The molecule has 0 aromatic heterocycles. The molecule has 0 bridgehead atoms. The molecule has 0 unspecified atom stereocenters. The van der Waals surface area contributed by atoms with Gasteiger partial charge in [0.1, 0.15) is 0 Å². The van der Waals surface area contributed by atoms with Crippen LogP contribution >= 0.6 is 23.2 Å². The second-order valence-electron chi connectivity index (χ2n) is 5.96. The number of hydrogen-bond acceptors (Lipinski definition) is 0. The predicted octanol–water partition coefficient (Wildman–Crippen LogP) is 8.13. The molecule has 0 spiro atoms. The summed E-state index contributed by atoms with van der Waals surface area (Å²) in [5, 5.41) is 0.793. The third kappa shape index (κ3) is 5.21. The van der Waals surface area contributed by atoms with Gasteiger partial charge in [-0.15, -0.1) is 0 Å². The first-order valence-electron chi connectivity index (χ1n) is 8.00. The summed E-state index contributed by atoms with van der Waals surface area (Å²) < 4.78 is 79.9. The van der Waals surface area contributed by atoms with Gasteiger partial charge in [-0.3, -0.25) is 0 Å². The van der Waals surface area contributed by atoms with Crippen LogP contribution in [0.15, 0.2) is 81.4 Å². The van der Waals surface area contributed by atoms with Gasteiger partial charge < -0.3 is 0 Å². The van der Waals surface area contributed by atoms with Crippen LogP contribution in [-0.4, -0.2) is 0 Å². The molecule has 0 N–H and O–H groups in total. The Labute approximate surface area is 175 Å². The van der Waals surface area contributed by atoms with Gasteiger partial charge in [-0.2, -0.15) is 26.3 Å². The first kappa shape index (κ1) is 21.9. The van der Waals surface area contributed by atoms with E-state index in [9.17, 15) is 26.3 Å². The molecule has 0 amide bonds. The van der Waals surface area contributed by atoms with Crippen LogP contribution in [0.4, 0.5) is 26.3 Å². The largest absolute Gasteiger partial charge is 0.416 e. The van der Waals surface area contributed by atoms with Crippen molar-refractivity contribution in [3.05, 3.63) is 87.9 Å². The second-order valence-corrected chi connectivity index (χ2v) is 8.86. The standard InChI is InChI=1S/C20H11Cl2F6S/c21-14-1-5-16(6-2-14)29(17-7-3-15(22)4-8-17)18-10-12(19(23,24)25)9-13(11-18)20(26,27)28/h1-11H/q+1. The highest BCUT2D eigenvalue weighted by molar-refractivity contribution is 7.97. The van der Waals surface area contributed by atoms with E-state index in [1.54, 1.807) is 24.3 Å². The van der Waals surface area contributed by atoms with Crippen molar-refractivity contribution < 1.29 is 26.3 Å². The third-order valence-electron chi connectivity index (χ3n) is 3.90. The van der Waals surface area contributed by atoms with E-state index < -0.39 is 34.4 Å². The smallest absolute Gasteiger partial charge is 0.166 e. The molecule has 0 fully saturated rings. The highest BCUT2D eigenvalue weighted by atomic mass is 35.5. The maximum atomic E-state index is 13.3. The van der Waals surface area contributed by atoms with Crippen LogP contribution in [-0.2, 0) is 23.2 Å². The van der Waals surface area contributed by atoms with Gasteiger partial charge in [0, 0.05) is 22.2 Å². The van der Waals surface area contributed by atoms with E-state index in [0.29, 0.717) is 19.8 Å². The lowest BCUT2D eigenvalue weighted by Crippen LogP contribution is -2.14. The van der Waals surface area contributed by atoms with Crippen molar-refractivity contribution in [2.24, 2.45) is 0 Å². The van der Waals surface area contributed by atoms with Crippen molar-refractivity contribution in [2.75, 3.05) is 0 Å². The molecule has 29 heavy (non-hydrogen) atoms. The topological polar surface area (TPSA) is 0 Å². The first-order chi connectivity index (χ1) is 13.4. The Morgan fingerprint density at radius 1 is 0.517 bits per heavy atom. The van der Waals surface area contributed by atoms with Crippen LogP contribution < -0.4 is 0 Å². The highest BCUT2D eigenvalue weighted by Gasteiger charge is 2.40. The minimum Gasteiger partial charge on any atom is -0.166 e. The van der Waals surface area contributed by atoms with Crippen molar-refractivity contribution in [1.82, 2.24) is 0 Å². The molecular weight excluding hydrogens is 457 g/mol. The Morgan fingerprint density at radius 3 is 1.17 bits per heavy atom. The summed E-state index contributed by atoms with van der Waals surface area (Å²) in [5.41, 5.74) is -2.72.